The average molecular weight is 404 g/mol. The van der Waals surface area contributed by atoms with Gasteiger partial charge in [0.15, 0.2) is 0 Å². The standard InChI is InChI=1S/C25H29N3O2/c1-17(24(30)28-13-11-25(9-10-25)12-14-28)27-23(29)19-7-8-22(26-16-19)21-15-20(21)18-5-3-2-4-6-18/h2-8,16-17,20-21H,9-15H2,1H3,(H,27,29)/t17-,20+,21+/m0/s1. The molecule has 5 rings (SSSR count). The van der Waals surface area contributed by atoms with Crippen molar-refractivity contribution < 1.29 is 9.59 Å². The lowest BCUT2D eigenvalue weighted by molar-refractivity contribution is -0.134. The molecule has 0 bridgehead atoms. The van der Waals surface area contributed by atoms with Crippen LogP contribution in [0.2, 0.25) is 0 Å². The number of nitrogens with zero attached hydrogens (tertiary/aromatic N) is 2. The zero-order chi connectivity index (χ0) is 20.7. The molecule has 1 aliphatic heterocycles. The van der Waals surface area contributed by atoms with Gasteiger partial charge in [0, 0.05) is 30.9 Å². The highest BCUT2D eigenvalue weighted by atomic mass is 16.2. The van der Waals surface area contributed by atoms with Crippen LogP contribution in [0.1, 0.15) is 72.5 Å². The Morgan fingerprint density at radius 3 is 2.40 bits per heavy atom. The number of hydrogen-bond donors (Lipinski definition) is 1. The lowest BCUT2D eigenvalue weighted by Gasteiger charge is -2.33. The van der Waals surface area contributed by atoms with Crippen molar-refractivity contribution in [2.45, 2.75) is 56.9 Å². The fraction of sp³-hybridized carbons (Fsp3) is 0.480. The molecule has 1 spiro atoms. The first-order valence-corrected chi connectivity index (χ1v) is 11.2. The first kappa shape index (κ1) is 19.3. The predicted octanol–water partition coefficient (Wildman–Crippen LogP) is 3.87. The zero-order valence-corrected chi connectivity index (χ0v) is 17.5. The van der Waals surface area contributed by atoms with Gasteiger partial charge in [-0.3, -0.25) is 14.6 Å². The number of likely N-dealkylation sites (tertiary alicyclic amines) is 1. The molecule has 2 aromatic rings. The molecule has 2 aliphatic carbocycles. The van der Waals surface area contributed by atoms with Gasteiger partial charge in [0.25, 0.3) is 5.91 Å². The van der Waals surface area contributed by atoms with Gasteiger partial charge in [0.1, 0.15) is 6.04 Å². The lowest BCUT2D eigenvalue weighted by atomic mass is 9.93. The number of hydrogen-bond acceptors (Lipinski definition) is 3. The Bertz CT molecular complexity index is 927. The van der Waals surface area contributed by atoms with Gasteiger partial charge in [-0.1, -0.05) is 30.3 Å². The number of carbonyl (C=O) groups is 2. The minimum Gasteiger partial charge on any atom is -0.341 e. The molecule has 156 valence electrons. The van der Waals surface area contributed by atoms with E-state index in [4.69, 9.17) is 0 Å². The van der Waals surface area contributed by atoms with Gasteiger partial charge in [0.2, 0.25) is 5.91 Å². The van der Waals surface area contributed by atoms with Gasteiger partial charge in [-0.2, -0.15) is 0 Å². The van der Waals surface area contributed by atoms with Crippen LogP contribution in [-0.4, -0.2) is 40.8 Å². The van der Waals surface area contributed by atoms with Crippen LogP contribution in [0.4, 0.5) is 0 Å². The normalized spacial score (nSPS) is 24.9. The Balaban J connectivity index is 1.15. The molecular weight excluding hydrogens is 374 g/mol. The summed E-state index contributed by atoms with van der Waals surface area (Å²) in [4.78, 5) is 31.8. The molecule has 1 saturated heterocycles. The summed E-state index contributed by atoms with van der Waals surface area (Å²) in [5.41, 5.74) is 3.43. The van der Waals surface area contributed by atoms with Crippen molar-refractivity contribution >= 4 is 11.8 Å². The average Bonchev–Trinajstić information content (AvgIpc) is 3.71. The fourth-order valence-electron chi connectivity index (χ4n) is 4.84. The highest BCUT2D eigenvalue weighted by molar-refractivity contribution is 5.97. The second-order valence-corrected chi connectivity index (χ2v) is 9.35. The predicted molar refractivity (Wildman–Crippen MR) is 115 cm³/mol. The quantitative estimate of drug-likeness (QED) is 0.824. The molecular formula is C25H29N3O2. The molecule has 3 aliphatic rings. The Hall–Kier alpha value is -2.69. The highest BCUT2D eigenvalue weighted by Crippen LogP contribution is 2.54. The Morgan fingerprint density at radius 2 is 1.77 bits per heavy atom. The molecule has 30 heavy (non-hydrogen) atoms. The number of nitrogens with one attached hydrogen (secondary N) is 1. The molecule has 3 atom stereocenters. The van der Waals surface area contributed by atoms with Gasteiger partial charge >= 0.3 is 0 Å². The number of pyridine rings is 1. The van der Waals surface area contributed by atoms with Gasteiger partial charge in [-0.15, -0.1) is 0 Å². The lowest BCUT2D eigenvalue weighted by Crippen LogP contribution is -2.49. The number of piperidine rings is 1. The van der Waals surface area contributed by atoms with Gasteiger partial charge in [-0.25, -0.2) is 0 Å². The van der Waals surface area contributed by atoms with Crippen LogP contribution in [0.3, 0.4) is 0 Å². The van der Waals surface area contributed by atoms with Crippen molar-refractivity contribution in [1.82, 2.24) is 15.2 Å². The van der Waals surface area contributed by atoms with E-state index in [1.54, 1.807) is 13.1 Å². The molecule has 2 heterocycles. The molecule has 2 amide bonds. The van der Waals surface area contributed by atoms with Gasteiger partial charge < -0.3 is 10.2 Å². The number of benzene rings is 1. The van der Waals surface area contributed by atoms with Crippen molar-refractivity contribution in [2.24, 2.45) is 5.41 Å². The largest absolute Gasteiger partial charge is 0.341 e. The summed E-state index contributed by atoms with van der Waals surface area (Å²) in [6, 6.07) is 13.8. The topological polar surface area (TPSA) is 62.3 Å². The minimum atomic E-state index is -0.517. The molecule has 5 heteroatoms. The number of carbonyl (C=O) groups excluding carboxylic acids is 2. The van der Waals surface area contributed by atoms with Crippen LogP contribution in [0.25, 0.3) is 0 Å². The summed E-state index contributed by atoms with van der Waals surface area (Å²) >= 11 is 0. The summed E-state index contributed by atoms with van der Waals surface area (Å²) in [5, 5.41) is 2.86. The zero-order valence-electron chi connectivity index (χ0n) is 17.5. The molecule has 5 nitrogen and oxygen atoms in total. The molecule has 2 saturated carbocycles. The van der Waals surface area contributed by atoms with E-state index in [1.165, 1.54) is 18.4 Å². The molecule has 0 radical (unpaired) electrons. The first-order valence-electron chi connectivity index (χ1n) is 11.2. The number of aromatic nitrogens is 1. The summed E-state index contributed by atoms with van der Waals surface area (Å²) in [5.74, 6) is 0.738. The monoisotopic (exact) mass is 403 g/mol. The maximum Gasteiger partial charge on any atom is 0.253 e. The summed E-state index contributed by atoms with van der Waals surface area (Å²) in [7, 11) is 0. The van der Waals surface area contributed by atoms with Gasteiger partial charge in [-0.05, 0) is 68.1 Å². The number of rotatable bonds is 5. The third-order valence-corrected chi connectivity index (χ3v) is 7.26. The van der Waals surface area contributed by atoms with E-state index in [2.05, 4.69) is 34.6 Å². The third-order valence-electron chi connectivity index (χ3n) is 7.26. The molecule has 0 unspecified atom stereocenters. The first-order chi connectivity index (χ1) is 14.5. The van der Waals surface area contributed by atoms with Crippen molar-refractivity contribution in [3.8, 4) is 0 Å². The number of amides is 2. The summed E-state index contributed by atoms with van der Waals surface area (Å²) < 4.78 is 0. The smallest absolute Gasteiger partial charge is 0.253 e. The van der Waals surface area contributed by atoms with E-state index in [0.29, 0.717) is 22.8 Å². The minimum absolute atomic E-state index is 0.0205. The Labute approximate surface area is 177 Å². The SMILES string of the molecule is C[C@H](NC(=O)c1ccc([C@@H]2C[C@@H]2c2ccccc2)nc1)C(=O)N1CCC2(CC1)CC2. The third kappa shape index (κ3) is 3.85. The van der Waals surface area contributed by atoms with Crippen LogP contribution < -0.4 is 5.32 Å². The highest BCUT2D eigenvalue weighted by Gasteiger charge is 2.45. The van der Waals surface area contributed by atoms with Crippen molar-refractivity contribution in [2.75, 3.05) is 13.1 Å². The van der Waals surface area contributed by atoms with Crippen molar-refractivity contribution in [1.29, 1.82) is 0 Å². The second kappa shape index (κ2) is 7.53. The van der Waals surface area contributed by atoms with E-state index in [-0.39, 0.29) is 11.8 Å². The van der Waals surface area contributed by atoms with E-state index >= 15 is 0 Å². The van der Waals surface area contributed by atoms with Crippen molar-refractivity contribution in [3.63, 3.8) is 0 Å². The molecule has 3 fully saturated rings. The van der Waals surface area contributed by atoms with Crippen LogP contribution in [-0.2, 0) is 4.79 Å². The van der Waals surface area contributed by atoms with E-state index < -0.39 is 6.04 Å². The van der Waals surface area contributed by atoms with Gasteiger partial charge in [0.05, 0.1) is 5.56 Å². The van der Waals surface area contributed by atoms with E-state index in [9.17, 15) is 9.59 Å². The molecule has 1 aromatic heterocycles. The van der Waals surface area contributed by atoms with Crippen LogP contribution in [0.5, 0.6) is 0 Å². The fourth-order valence-corrected chi connectivity index (χ4v) is 4.84. The van der Waals surface area contributed by atoms with E-state index in [1.807, 2.05) is 23.1 Å². The van der Waals surface area contributed by atoms with Crippen LogP contribution >= 0.6 is 0 Å². The molecule has 1 aromatic carbocycles. The molecule has 1 N–H and O–H groups in total. The summed E-state index contributed by atoms with van der Waals surface area (Å²) in [6.07, 6.45) is 7.59. The Kier molecular flexibility index (Phi) is 4.84. The Morgan fingerprint density at radius 1 is 1.03 bits per heavy atom. The second-order valence-electron chi connectivity index (χ2n) is 9.35. The van der Waals surface area contributed by atoms with Crippen LogP contribution in [0, 0.1) is 5.41 Å². The van der Waals surface area contributed by atoms with Crippen molar-refractivity contribution in [3.05, 3.63) is 65.5 Å². The summed E-state index contributed by atoms with van der Waals surface area (Å²) in [6.45, 7) is 3.41. The van der Waals surface area contributed by atoms with E-state index in [0.717, 1.165) is 38.0 Å². The maximum absolute atomic E-state index is 12.7. The maximum atomic E-state index is 12.7. The van der Waals surface area contributed by atoms with Crippen LogP contribution in [0.15, 0.2) is 48.7 Å².